The summed E-state index contributed by atoms with van der Waals surface area (Å²) in [6, 6.07) is 14.2. The summed E-state index contributed by atoms with van der Waals surface area (Å²) in [4.78, 5) is 38.5. The molecule has 0 fully saturated rings. The van der Waals surface area contributed by atoms with Crippen LogP contribution in [0.2, 0.25) is 0 Å². The third-order valence-electron chi connectivity index (χ3n) is 5.97. The second-order valence-electron chi connectivity index (χ2n) is 8.44. The number of phenolic OH excluding ortho intramolecular Hbond substituents is 1. The molecule has 180 valence electrons. The minimum Gasteiger partial charge on any atom is -0.507 e. The molecule has 1 aliphatic carbocycles. The van der Waals surface area contributed by atoms with E-state index in [9.17, 15) is 19.5 Å². The van der Waals surface area contributed by atoms with Crippen LogP contribution in [0.3, 0.4) is 0 Å². The molecule has 0 radical (unpaired) electrons. The van der Waals surface area contributed by atoms with Gasteiger partial charge in [-0.3, -0.25) is 9.59 Å². The average molecular weight is 465 g/mol. The number of ketones is 1. The van der Waals surface area contributed by atoms with Crippen LogP contribution in [0.15, 0.2) is 60.7 Å². The number of carbonyl (C=O) groups is 3. The van der Waals surface area contributed by atoms with Crippen molar-refractivity contribution in [2.24, 2.45) is 5.92 Å². The van der Waals surface area contributed by atoms with Gasteiger partial charge in [-0.2, -0.15) is 0 Å². The third-order valence-corrected chi connectivity index (χ3v) is 5.97. The summed E-state index contributed by atoms with van der Waals surface area (Å²) in [6.45, 7) is 2.50. The van der Waals surface area contributed by atoms with Crippen LogP contribution in [0.25, 0.3) is 0 Å². The van der Waals surface area contributed by atoms with Crippen molar-refractivity contribution in [3.05, 3.63) is 77.4 Å². The van der Waals surface area contributed by atoms with Crippen LogP contribution >= 0.6 is 0 Å². The zero-order valence-electron chi connectivity index (χ0n) is 19.6. The van der Waals surface area contributed by atoms with Gasteiger partial charge in [-0.15, -0.1) is 0 Å². The third kappa shape index (κ3) is 6.56. The first-order chi connectivity index (χ1) is 16.5. The number of carbonyl (C=O) groups excluding carboxylic acids is 3. The standard InChI is InChI=1S/C28H32O6/c1-2-3-4-8-18-33-27(31)25-21(13-9-15-23(25)29)22-14-10-16-24(30)26(22)28(32)34-19-17-20-11-6-5-7-12-20/h5-7,9-14,16,21,25,30H,2-4,8,15,17-19H2,1H3. The summed E-state index contributed by atoms with van der Waals surface area (Å²) in [6.07, 6.45) is 7.91. The minimum atomic E-state index is -1.06. The Kier molecular flexibility index (Phi) is 9.44. The Balaban J connectivity index is 1.76. The van der Waals surface area contributed by atoms with Crippen LogP contribution in [0, 0.1) is 5.92 Å². The Morgan fingerprint density at radius 3 is 2.53 bits per heavy atom. The van der Waals surface area contributed by atoms with E-state index in [4.69, 9.17) is 9.47 Å². The maximum absolute atomic E-state index is 12.9. The fourth-order valence-electron chi connectivity index (χ4n) is 4.16. The zero-order chi connectivity index (χ0) is 24.3. The highest BCUT2D eigenvalue weighted by Gasteiger charge is 2.39. The van der Waals surface area contributed by atoms with Gasteiger partial charge in [-0.1, -0.05) is 80.8 Å². The zero-order valence-corrected chi connectivity index (χ0v) is 19.6. The first-order valence-corrected chi connectivity index (χ1v) is 11.9. The Morgan fingerprint density at radius 2 is 1.76 bits per heavy atom. The Morgan fingerprint density at radius 1 is 0.971 bits per heavy atom. The Bertz CT molecular complexity index is 1010. The number of rotatable bonds is 11. The molecule has 1 aliphatic rings. The molecule has 2 aromatic rings. The van der Waals surface area contributed by atoms with Crippen LogP contribution in [0.1, 0.15) is 66.4 Å². The van der Waals surface area contributed by atoms with Gasteiger partial charge in [0.05, 0.1) is 13.2 Å². The number of benzene rings is 2. The normalized spacial score (nSPS) is 17.4. The van der Waals surface area contributed by atoms with E-state index in [1.165, 1.54) is 6.07 Å². The molecule has 0 bridgehead atoms. The van der Waals surface area contributed by atoms with Crippen molar-refractivity contribution >= 4 is 17.7 Å². The molecule has 6 nitrogen and oxygen atoms in total. The fourth-order valence-corrected chi connectivity index (χ4v) is 4.16. The second kappa shape index (κ2) is 12.7. The minimum absolute atomic E-state index is 0.0272. The molecule has 3 rings (SSSR count). The summed E-state index contributed by atoms with van der Waals surface area (Å²) >= 11 is 0. The number of Topliss-reactive ketones (excluding diaryl/α,β-unsaturated/α-hetero) is 1. The van der Waals surface area contributed by atoms with Gasteiger partial charge in [0, 0.05) is 18.8 Å². The van der Waals surface area contributed by atoms with E-state index in [0.29, 0.717) is 12.0 Å². The van der Waals surface area contributed by atoms with Crippen molar-refractivity contribution in [3.63, 3.8) is 0 Å². The lowest BCUT2D eigenvalue weighted by Gasteiger charge is -2.27. The Labute approximate surface area is 200 Å². The Hall–Kier alpha value is -3.41. The van der Waals surface area contributed by atoms with Gasteiger partial charge in [0.15, 0.2) is 5.78 Å². The van der Waals surface area contributed by atoms with Crippen LogP contribution in [-0.4, -0.2) is 36.0 Å². The van der Waals surface area contributed by atoms with E-state index in [1.807, 2.05) is 30.3 Å². The van der Waals surface area contributed by atoms with E-state index in [2.05, 4.69) is 6.92 Å². The first kappa shape index (κ1) is 25.2. The number of allylic oxidation sites excluding steroid dienone is 2. The van der Waals surface area contributed by atoms with E-state index in [0.717, 1.165) is 31.2 Å². The molecule has 34 heavy (non-hydrogen) atoms. The number of unbranched alkanes of at least 4 members (excludes halogenated alkanes) is 3. The summed E-state index contributed by atoms with van der Waals surface area (Å²) in [5, 5.41) is 10.5. The number of ether oxygens (including phenoxy) is 2. The topological polar surface area (TPSA) is 89.9 Å². The lowest BCUT2D eigenvalue weighted by molar-refractivity contribution is -0.152. The molecule has 0 saturated carbocycles. The van der Waals surface area contributed by atoms with Crippen molar-refractivity contribution in [3.8, 4) is 5.75 Å². The van der Waals surface area contributed by atoms with Crippen molar-refractivity contribution < 1.29 is 29.0 Å². The van der Waals surface area contributed by atoms with Gasteiger partial charge in [0.1, 0.15) is 17.2 Å². The lowest BCUT2D eigenvalue weighted by atomic mass is 9.77. The van der Waals surface area contributed by atoms with Gasteiger partial charge >= 0.3 is 11.9 Å². The highest BCUT2D eigenvalue weighted by molar-refractivity contribution is 6.03. The van der Waals surface area contributed by atoms with Gasteiger partial charge in [-0.25, -0.2) is 4.79 Å². The summed E-state index contributed by atoms with van der Waals surface area (Å²) < 4.78 is 10.9. The maximum atomic E-state index is 12.9. The molecule has 1 N–H and O–H groups in total. The quantitative estimate of drug-likeness (QED) is 0.214. The highest BCUT2D eigenvalue weighted by Crippen LogP contribution is 2.37. The SMILES string of the molecule is CCCCCCOC(=O)C1C(=O)CC=CC1c1cccc(O)c1C(=O)OCCc1ccccc1. The molecular weight excluding hydrogens is 432 g/mol. The molecule has 0 saturated heterocycles. The highest BCUT2D eigenvalue weighted by atomic mass is 16.5. The summed E-state index contributed by atoms with van der Waals surface area (Å²) in [5.41, 5.74) is 1.37. The van der Waals surface area contributed by atoms with Gasteiger partial charge in [0.2, 0.25) is 0 Å². The van der Waals surface area contributed by atoms with Gasteiger partial charge in [0.25, 0.3) is 0 Å². The van der Waals surface area contributed by atoms with Crippen molar-refractivity contribution in [1.82, 2.24) is 0 Å². The number of aromatic hydroxyl groups is 1. The van der Waals surface area contributed by atoms with Crippen molar-refractivity contribution in [2.75, 3.05) is 13.2 Å². The van der Waals surface area contributed by atoms with Crippen LogP contribution in [-0.2, 0) is 25.5 Å². The number of phenols is 1. The molecule has 0 amide bonds. The van der Waals surface area contributed by atoms with Crippen LogP contribution < -0.4 is 0 Å². The number of hydrogen-bond acceptors (Lipinski definition) is 6. The maximum Gasteiger partial charge on any atom is 0.342 e. The summed E-state index contributed by atoms with van der Waals surface area (Å²) in [5.74, 6) is -3.58. The van der Waals surface area contributed by atoms with Crippen molar-refractivity contribution in [1.29, 1.82) is 0 Å². The smallest absolute Gasteiger partial charge is 0.342 e. The summed E-state index contributed by atoms with van der Waals surface area (Å²) in [7, 11) is 0. The molecule has 0 aromatic heterocycles. The number of esters is 2. The monoisotopic (exact) mass is 464 g/mol. The van der Waals surface area contributed by atoms with Crippen LogP contribution in [0.4, 0.5) is 0 Å². The molecule has 6 heteroatoms. The molecule has 2 atom stereocenters. The molecule has 2 aromatic carbocycles. The molecule has 0 spiro atoms. The van der Waals surface area contributed by atoms with Gasteiger partial charge < -0.3 is 14.6 Å². The van der Waals surface area contributed by atoms with E-state index >= 15 is 0 Å². The molecule has 2 unspecified atom stereocenters. The lowest BCUT2D eigenvalue weighted by Crippen LogP contribution is -2.34. The predicted molar refractivity (Wildman–Crippen MR) is 129 cm³/mol. The van der Waals surface area contributed by atoms with E-state index in [-0.39, 0.29) is 36.7 Å². The first-order valence-electron chi connectivity index (χ1n) is 11.9. The largest absolute Gasteiger partial charge is 0.507 e. The number of hydrogen-bond donors (Lipinski definition) is 1. The molecule has 0 aliphatic heterocycles. The van der Waals surface area contributed by atoms with E-state index in [1.54, 1.807) is 24.3 Å². The van der Waals surface area contributed by atoms with E-state index < -0.39 is 23.8 Å². The average Bonchev–Trinajstić information content (AvgIpc) is 2.84. The van der Waals surface area contributed by atoms with Crippen LogP contribution in [0.5, 0.6) is 5.75 Å². The second-order valence-corrected chi connectivity index (χ2v) is 8.44. The molecular formula is C28H32O6. The van der Waals surface area contributed by atoms with Gasteiger partial charge in [-0.05, 0) is 23.6 Å². The molecule has 0 heterocycles. The predicted octanol–water partition coefficient (Wildman–Crippen LogP) is 5.14. The van der Waals surface area contributed by atoms with Crippen molar-refractivity contribution in [2.45, 2.75) is 51.4 Å². The fraction of sp³-hybridized carbons (Fsp3) is 0.393.